The molecule has 0 aliphatic carbocycles. The van der Waals surface area contributed by atoms with Crippen molar-refractivity contribution in [2.75, 3.05) is 13.2 Å². The van der Waals surface area contributed by atoms with E-state index in [2.05, 4.69) is 51.4 Å². The van der Waals surface area contributed by atoms with Crippen LogP contribution in [0.3, 0.4) is 0 Å². The molecule has 1 rings (SSSR count). The molecule has 0 aliphatic rings. The van der Waals surface area contributed by atoms with Crippen LogP contribution >= 0.6 is 11.3 Å². The maximum atomic E-state index is 6.06. The zero-order valence-electron chi connectivity index (χ0n) is 12.4. The predicted molar refractivity (Wildman–Crippen MR) is 80.4 cm³/mol. The predicted octanol–water partition coefficient (Wildman–Crippen LogP) is 4.30. The fraction of sp³-hybridized carbons (Fsp3) is 0.733. The Labute approximate surface area is 116 Å². The molecule has 2 atom stereocenters. The first-order chi connectivity index (χ1) is 8.59. The summed E-state index contributed by atoms with van der Waals surface area (Å²) in [5.74, 6) is 0. The summed E-state index contributed by atoms with van der Waals surface area (Å²) in [5, 5.41) is 5.85. The Morgan fingerprint density at radius 3 is 2.56 bits per heavy atom. The Morgan fingerprint density at radius 2 is 2.11 bits per heavy atom. The Hall–Kier alpha value is -0.380. The van der Waals surface area contributed by atoms with Crippen LogP contribution in [0.4, 0.5) is 0 Å². The molecule has 0 radical (unpaired) electrons. The highest BCUT2D eigenvalue weighted by Crippen LogP contribution is 2.36. The minimum absolute atomic E-state index is 0.125. The monoisotopic (exact) mass is 269 g/mol. The van der Waals surface area contributed by atoms with Crippen LogP contribution < -0.4 is 5.32 Å². The molecule has 2 nitrogen and oxygen atoms in total. The van der Waals surface area contributed by atoms with Crippen LogP contribution in [-0.2, 0) is 4.74 Å². The topological polar surface area (TPSA) is 21.3 Å². The standard InChI is InChI=1S/C15H27NOS/c1-6-10-16-14(13-12(4)9-11-18-13)15(5,7-2)17-8-3/h9,11,14,16H,6-8,10H2,1-5H3. The zero-order chi connectivity index (χ0) is 13.6. The van der Waals surface area contributed by atoms with E-state index in [0.717, 1.165) is 26.0 Å². The molecule has 1 aromatic heterocycles. The van der Waals surface area contributed by atoms with Gasteiger partial charge in [-0.05, 0) is 57.2 Å². The van der Waals surface area contributed by atoms with Crippen molar-refractivity contribution in [1.29, 1.82) is 0 Å². The van der Waals surface area contributed by atoms with Crippen LogP contribution in [0.1, 0.15) is 57.0 Å². The van der Waals surface area contributed by atoms with E-state index < -0.39 is 0 Å². The average Bonchev–Trinajstić information content (AvgIpc) is 2.76. The lowest BCUT2D eigenvalue weighted by atomic mass is 9.90. The SMILES string of the molecule is CCCNC(c1sccc1C)C(C)(CC)OCC. The highest BCUT2D eigenvalue weighted by atomic mass is 32.1. The van der Waals surface area contributed by atoms with Crippen LogP contribution in [0.25, 0.3) is 0 Å². The number of thiophene rings is 1. The molecule has 104 valence electrons. The van der Waals surface area contributed by atoms with E-state index in [1.165, 1.54) is 10.4 Å². The lowest BCUT2D eigenvalue weighted by Crippen LogP contribution is -2.43. The fourth-order valence-electron chi connectivity index (χ4n) is 2.27. The van der Waals surface area contributed by atoms with Crippen molar-refractivity contribution in [2.45, 2.75) is 59.1 Å². The van der Waals surface area contributed by atoms with E-state index in [0.29, 0.717) is 6.04 Å². The first kappa shape index (κ1) is 15.7. The van der Waals surface area contributed by atoms with Crippen molar-refractivity contribution in [3.63, 3.8) is 0 Å². The quantitative estimate of drug-likeness (QED) is 0.759. The van der Waals surface area contributed by atoms with Crippen LogP contribution in [-0.4, -0.2) is 18.8 Å². The molecule has 0 saturated heterocycles. The van der Waals surface area contributed by atoms with Crippen LogP contribution in [0.5, 0.6) is 0 Å². The van der Waals surface area contributed by atoms with E-state index in [-0.39, 0.29) is 5.60 Å². The third-order valence-corrected chi connectivity index (χ3v) is 4.63. The molecule has 2 unspecified atom stereocenters. The van der Waals surface area contributed by atoms with Gasteiger partial charge >= 0.3 is 0 Å². The van der Waals surface area contributed by atoms with Crippen molar-refractivity contribution >= 4 is 11.3 Å². The van der Waals surface area contributed by atoms with Gasteiger partial charge in [0.15, 0.2) is 0 Å². The Balaban J connectivity index is 3.00. The normalized spacial score (nSPS) is 16.5. The number of aryl methyl sites for hydroxylation is 1. The highest BCUT2D eigenvalue weighted by Gasteiger charge is 2.35. The van der Waals surface area contributed by atoms with Crippen molar-refractivity contribution in [3.05, 3.63) is 21.9 Å². The highest BCUT2D eigenvalue weighted by molar-refractivity contribution is 7.10. The summed E-state index contributed by atoms with van der Waals surface area (Å²) in [6.07, 6.45) is 2.16. The van der Waals surface area contributed by atoms with Crippen LogP contribution in [0.2, 0.25) is 0 Å². The largest absolute Gasteiger partial charge is 0.374 e. The third-order valence-electron chi connectivity index (χ3n) is 3.55. The smallest absolute Gasteiger partial charge is 0.0853 e. The van der Waals surface area contributed by atoms with E-state index in [1.54, 1.807) is 0 Å². The second-order valence-electron chi connectivity index (χ2n) is 4.95. The summed E-state index contributed by atoms with van der Waals surface area (Å²) in [4.78, 5) is 1.42. The van der Waals surface area contributed by atoms with Gasteiger partial charge in [0.05, 0.1) is 11.6 Å². The summed E-state index contributed by atoms with van der Waals surface area (Å²) in [7, 11) is 0. The lowest BCUT2D eigenvalue weighted by Gasteiger charge is -2.37. The van der Waals surface area contributed by atoms with Gasteiger partial charge in [-0.3, -0.25) is 0 Å². The van der Waals surface area contributed by atoms with Gasteiger partial charge in [0.1, 0.15) is 0 Å². The Bertz CT molecular complexity index is 350. The molecular weight excluding hydrogens is 242 g/mol. The fourth-order valence-corrected chi connectivity index (χ4v) is 3.42. The van der Waals surface area contributed by atoms with Gasteiger partial charge in [0.25, 0.3) is 0 Å². The van der Waals surface area contributed by atoms with Crippen molar-refractivity contribution in [2.24, 2.45) is 0 Å². The second-order valence-corrected chi connectivity index (χ2v) is 5.90. The van der Waals surface area contributed by atoms with Crippen LogP contribution in [0, 0.1) is 6.92 Å². The van der Waals surface area contributed by atoms with E-state index in [9.17, 15) is 0 Å². The maximum Gasteiger partial charge on any atom is 0.0853 e. The summed E-state index contributed by atoms with van der Waals surface area (Å²) >= 11 is 1.83. The average molecular weight is 269 g/mol. The Morgan fingerprint density at radius 1 is 1.39 bits per heavy atom. The zero-order valence-corrected chi connectivity index (χ0v) is 13.2. The first-order valence-corrected chi connectivity index (χ1v) is 7.88. The molecule has 18 heavy (non-hydrogen) atoms. The van der Waals surface area contributed by atoms with Gasteiger partial charge in [0, 0.05) is 11.5 Å². The van der Waals surface area contributed by atoms with Crippen LogP contribution in [0.15, 0.2) is 11.4 Å². The molecule has 1 N–H and O–H groups in total. The molecule has 0 bridgehead atoms. The van der Waals surface area contributed by atoms with Crippen molar-refractivity contribution in [1.82, 2.24) is 5.32 Å². The summed E-state index contributed by atoms with van der Waals surface area (Å²) in [6.45, 7) is 12.7. The number of hydrogen-bond donors (Lipinski definition) is 1. The molecule has 0 saturated carbocycles. The molecule has 0 fully saturated rings. The van der Waals surface area contributed by atoms with E-state index in [4.69, 9.17) is 4.74 Å². The third kappa shape index (κ3) is 3.56. The van der Waals surface area contributed by atoms with E-state index in [1.807, 2.05) is 11.3 Å². The minimum Gasteiger partial charge on any atom is -0.374 e. The molecular formula is C15H27NOS. The van der Waals surface area contributed by atoms with Crippen molar-refractivity contribution < 1.29 is 4.74 Å². The van der Waals surface area contributed by atoms with Gasteiger partial charge in [-0.2, -0.15) is 0 Å². The minimum atomic E-state index is -0.125. The number of rotatable bonds is 8. The van der Waals surface area contributed by atoms with E-state index >= 15 is 0 Å². The van der Waals surface area contributed by atoms with Gasteiger partial charge in [-0.1, -0.05) is 13.8 Å². The lowest BCUT2D eigenvalue weighted by molar-refractivity contribution is -0.0555. The molecule has 1 heterocycles. The van der Waals surface area contributed by atoms with Crippen molar-refractivity contribution in [3.8, 4) is 0 Å². The number of hydrogen-bond acceptors (Lipinski definition) is 3. The molecule has 0 aliphatic heterocycles. The summed E-state index contributed by atoms with van der Waals surface area (Å²) < 4.78 is 6.06. The van der Waals surface area contributed by atoms with Gasteiger partial charge in [-0.25, -0.2) is 0 Å². The molecule has 0 amide bonds. The summed E-state index contributed by atoms with van der Waals surface area (Å²) in [6, 6.07) is 2.49. The van der Waals surface area contributed by atoms with Gasteiger partial charge < -0.3 is 10.1 Å². The van der Waals surface area contributed by atoms with Gasteiger partial charge in [0.2, 0.25) is 0 Å². The Kier molecular flexibility index (Phi) is 6.33. The summed E-state index contributed by atoms with van der Waals surface area (Å²) in [5.41, 5.74) is 1.24. The number of ether oxygens (including phenoxy) is 1. The molecule has 0 spiro atoms. The van der Waals surface area contributed by atoms with Gasteiger partial charge in [-0.15, -0.1) is 11.3 Å². The molecule has 3 heteroatoms. The first-order valence-electron chi connectivity index (χ1n) is 7.00. The maximum absolute atomic E-state index is 6.06. The second kappa shape index (κ2) is 7.27. The molecule has 1 aromatic rings. The number of nitrogens with one attached hydrogen (secondary N) is 1. The molecule has 0 aromatic carbocycles.